The van der Waals surface area contributed by atoms with E-state index < -0.39 is 12.0 Å². The van der Waals surface area contributed by atoms with Gasteiger partial charge in [0.05, 0.1) is 5.92 Å². The van der Waals surface area contributed by atoms with Gasteiger partial charge >= 0.3 is 5.97 Å². The summed E-state index contributed by atoms with van der Waals surface area (Å²) in [7, 11) is 0. The van der Waals surface area contributed by atoms with Crippen LogP contribution in [-0.2, 0) is 9.59 Å². The van der Waals surface area contributed by atoms with Gasteiger partial charge in [0.25, 0.3) is 0 Å². The fourth-order valence-corrected chi connectivity index (χ4v) is 2.81. The molecule has 0 bridgehead atoms. The fourth-order valence-electron chi connectivity index (χ4n) is 2.81. The van der Waals surface area contributed by atoms with Gasteiger partial charge in [-0.3, -0.25) is 14.5 Å². The summed E-state index contributed by atoms with van der Waals surface area (Å²) in [5.41, 5.74) is 0. The molecule has 2 N–H and O–H groups in total. The van der Waals surface area contributed by atoms with Gasteiger partial charge in [-0.15, -0.1) is 0 Å². The van der Waals surface area contributed by atoms with E-state index in [4.69, 9.17) is 5.11 Å². The lowest BCUT2D eigenvalue weighted by Gasteiger charge is -2.38. The minimum Gasteiger partial charge on any atom is -0.480 e. The summed E-state index contributed by atoms with van der Waals surface area (Å²) >= 11 is 0. The van der Waals surface area contributed by atoms with Crippen LogP contribution < -0.4 is 5.32 Å². The number of carboxylic acids is 1. The number of rotatable bonds is 3. The molecular weight excluding hydrogens is 246 g/mol. The van der Waals surface area contributed by atoms with Gasteiger partial charge in [0.2, 0.25) is 5.91 Å². The number of piperidine rings is 1. The van der Waals surface area contributed by atoms with Crippen LogP contribution in [-0.4, -0.2) is 72.1 Å². The summed E-state index contributed by atoms with van der Waals surface area (Å²) in [6, 6.07) is -0.464. The second kappa shape index (κ2) is 6.34. The average molecular weight is 269 g/mol. The maximum absolute atomic E-state index is 12.3. The number of hydrogen-bond donors (Lipinski definition) is 2. The Morgan fingerprint density at radius 1 is 1.26 bits per heavy atom. The Kier molecular flexibility index (Phi) is 4.76. The van der Waals surface area contributed by atoms with Crippen LogP contribution in [0.1, 0.15) is 19.8 Å². The zero-order valence-electron chi connectivity index (χ0n) is 11.5. The van der Waals surface area contributed by atoms with Gasteiger partial charge in [0.15, 0.2) is 0 Å². The summed E-state index contributed by atoms with van der Waals surface area (Å²) in [5.74, 6) is -0.455. The number of amides is 1. The van der Waals surface area contributed by atoms with E-state index in [-0.39, 0.29) is 11.8 Å². The molecule has 1 amide bonds. The Balaban J connectivity index is 1.82. The van der Waals surface area contributed by atoms with E-state index in [1.54, 1.807) is 6.92 Å². The van der Waals surface area contributed by atoms with Gasteiger partial charge in [0, 0.05) is 32.7 Å². The van der Waals surface area contributed by atoms with Crippen LogP contribution >= 0.6 is 0 Å². The Morgan fingerprint density at radius 2 is 1.95 bits per heavy atom. The molecule has 0 aliphatic carbocycles. The van der Waals surface area contributed by atoms with E-state index >= 15 is 0 Å². The molecule has 2 heterocycles. The third-order valence-corrected chi connectivity index (χ3v) is 4.18. The second-order valence-electron chi connectivity index (χ2n) is 5.42. The van der Waals surface area contributed by atoms with Crippen LogP contribution in [0.5, 0.6) is 0 Å². The van der Waals surface area contributed by atoms with Crippen LogP contribution in [0.3, 0.4) is 0 Å². The molecule has 2 aliphatic rings. The van der Waals surface area contributed by atoms with Crippen molar-refractivity contribution in [3.63, 3.8) is 0 Å². The average Bonchev–Trinajstić information content (AvgIpc) is 2.46. The van der Waals surface area contributed by atoms with Crippen molar-refractivity contribution in [3.05, 3.63) is 0 Å². The molecule has 0 spiro atoms. The zero-order valence-corrected chi connectivity index (χ0v) is 11.5. The summed E-state index contributed by atoms with van der Waals surface area (Å²) in [4.78, 5) is 27.1. The predicted molar refractivity (Wildman–Crippen MR) is 70.8 cm³/mol. The smallest absolute Gasteiger partial charge is 0.320 e. The van der Waals surface area contributed by atoms with Crippen LogP contribution in [0.2, 0.25) is 0 Å². The zero-order chi connectivity index (χ0) is 13.8. The third kappa shape index (κ3) is 3.45. The quantitative estimate of drug-likeness (QED) is 0.729. The topological polar surface area (TPSA) is 72.9 Å². The molecule has 0 aromatic rings. The number of nitrogens with one attached hydrogen (secondary N) is 1. The van der Waals surface area contributed by atoms with Crippen molar-refractivity contribution < 1.29 is 14.7 Å². The summed E-state index contributed by atoms with van der Waals surface area (Å²) < 4.78 is 0. The molecule has 2 aliphatic heterocycles. The number of aliphatic carboxylic acids is 1. The van der Waals surface area contributed by atoms with Gasteiger partial charge in [-0.05, 0) is 26.3 Å². The molecule has 108 valence electrons. The number of carboxylic acid groups (broad SMARTS) is 1. The van der Waals surface area contributed by atoms with Crippen molar-refractivity contribution in [2.75, 3.05) is 39.3 Å². The molecule has 2 saturated heterocycles. The van der Waals surface area contributed by atoms with Crippen molar-refractivity contribution in [1.29, 1.82) is 0 Å². The van der Waals surface area contributed by atoms with Gasteiger partial charge < -0.3 is 15.3 Å². The highest BCUT2D eigenvalue weighted by atomic mass is 16.4. The summed E-state index contributed by atoms with van der Waals surface area (Å²) in [6.07, 6.45) is 2.03. The van der Waals surface area contributed by atoms with E-state index in [0.717, 1.165) is 25.9 Å². The molecular formula is C13H23N3O3. The van der Waals surface area contributed by atoms with Crippen LogP contribution in [0.4, 0.5) is 0 Å². The summed E-state index contributed by atoms with van der Waals surface area (Å²) in [5, 5.41) is 12.2. The Bertz CT molecular complexity index is 334. The molecule has 0 radical (unpaired) electrons. The van der Waals surface area contributed by atoms with Crippen molar-refractivity contribution in [1.82, 2.24) is 15.1 Å². The second-order valence-corrected chi connectivity index (χ2v) is 5.42. The first-order chi connectivity index (χ1) is 9.09. The molecule has 2 rings (SSSR count). The Labute approximate surface area is 113 Å². The van der Waals surface area contributed by atoms with Crippen molar-refractivity contribution in [2.45, 2.75) is 25.8 Å². The maximum Gasteiger partial charge on any atom is 0.320 e. The van der Waals surface area contributed by atoms with Crippen LogP contribution in [0, 0.1) is 5.92 Å². The number of hydrogen-bond acceptors (Lipinski definition) is 4. The van der Waals surface area contributed by atoms with E-state index in [1.165, 1.54) is 0 Å². The largest absolute Gasteiger partial charge is 0.480 e. The fraction of sp³-hybridized carbons (Fsp3) is 0.846. The normalized spacial score (nSPS) is 27.0. The standard InChI is InChI=1S/C13H23N3O3/c1-10(13(18)19)15-5-7-16(8-6-15)12(17)11-3-2-4-14-9-11/h10-11,14H,2-9H2,1H3,(H,18,19)/t10?,11-/m1/s1. The van der Waals surface area contributed by atoms with Gasteiger partial charge in [-0.2, -0.15) is 0 Å². The number of carbonyl (C=O) groups is 2. The molecule has 2 atom stereocenters. The minimum absolute atomic E-state index is 0.109. The first kappa shape index (κ1) is 14.3. The summed E-state index contributed by atoms with van der Waals surface area (Å²) in [6.45, 7) is 6.09. The third-order valence-electron chi connectivity index (χ3n) is 4.18. The van der Waals surface area contributed by atoms with Crippen molar-refractivity contribution in [2.24, 2.45) is 5.92 Å². The van der Waals surface area contributed by atoms with Gasteiger partial charge in [-0.1, -0.05) is 0 Å². The molecule has 0 aromatic carbocycles. The van der Waals surface area contributed by atoms with Crippen LogP contribution in [0.15, 0.2) is 0 Å². The number of nitrogens with zero attached hydrogens (tertiary/aromatic N) is 2. The predicted octanol–water partition coefficient (Wildman–Crippen LogP) is -0.397. The number of carbonyl (C=O) groups excluding carboxylic acids is 1. The van der Waals surface area contributed by atoms with Crippen molar-refractivity contribution in [3.8, 4) is 0 Å². The highest BCUT2D eigenvalue weighted by Gasteiger charge is 2.30. The molecule has 19 heavy (non-hydrogen) atoms. The van der Waals surface area contributed by atoms with E-state index in [9.17, 15) is 9.59 Å². The van der Waals surface area contributed by atoms with E-state index in [2.05, 4.69) is 5.32 Å². The maximum atomic E-state index is 12.3. The van der Waals surface area contributed by atoms with Gasteiger partial charge in [-0.25, -0.2) is 0 Å². The molecule has 0 aromatic heterocycles. The van der Waals surface area contributed by atoms with Gasteiger partial charge in [0.1, 0.15) is 6.04 Å². The van der Waals surface area contributed by atoms with E-state index in [0.29, 0.717) is 26.2 Å². The monoisotopic (exact) mass is 269 g/mol. The highest BCUT2D eigenvalue weighted by Crippen LogP contribution is 2.15. The Morgan fingerprint density at radius 3 is 2.47 bits per heavy atom. The first-order valence-corrected chi connectivity index (χ1v) is 7.06. The highest BCUT2D eigenvalue weighted by molar-refractivity contribution is 5.79. The first-order valence-electron chi connectivity index (χ1n) is 7.06. The molecule has 6 heteroatoms. The van der Waals surface area contributed by atoms with Crippen LogP contribution in [0.25, 0.3) is 0 Å². The molecule has 1 unspecified atom stereocenters. The SMILES string of the molecule is CC(C(=O)O)N1CCN(C(=O)[C@@H]2CCCNC2)CC1. The van der Waals surface area contributed by atoms with E-state index in [1.807, 2.05) is 9.80 Å². The van der Waals surface area contributed by atoms with Crippen molar-refractivity contribution >= 4 is 11.9 Å². The number of piperazine rings is 1. The lowest BCUT2D eigenvalue weighted by molar-refractivity contribution is -0.144. The lowest BCUT2D eigenvalue weighted by atomic mass is 9.98. The molecule has 0 saturated carbocycles. The lowest BCUT2D eigenvalue weighted by Crippen LogP contribution is -2.55. The molecule has 6 nitrogen and oxygen atoms in total. The molecule has 2 fully saturated rings. The minimum atomic E-state index is -0.795. The Hall–Kier alpha value is -1.14.